The lowest BCUT2D eigenvalue weighted by atomic mass is 10.0. The Morgan fingerprint density at radius 2 is 1.86 bits per heavy atom. The van der Waals surface area contributed by atoms with Gasteiger partial charge in [0.2, 0.25) is 0 Å². The fourth-order valence-electron chi connectivity index (χ4n) is 3.71. The topological polar surface area (TPSA) is 74.9 Å². The molecule has 120 valence electrons. The van der Waals surface area contributed by atoms with Gasteiger partial charge in [-0.15, -0.1) is 0 Å². The summed E-state index contributed by atoms with van der Waals surface area (Å²) >= 11 is 0. The van der Waals surface area contributed by atoms with Crippen molar-refractivity contribution in [1.82, 2.24) is 4.57 Å². The van der Waals surface area contributed by atoms with Gasteiger partial charge in [-0.25, -0.2) is 0 Å². The van der Waals surface area contributed by atoms with Crippen molar-refractivity contribution < 1.29 is 20.1 Å². The highest BCUT2D eigenvalue weighted by molar-refractivity contribution is 5.59. The highest BCUT2D eigenvalue weighted by atomic mass is 16.5. The lowest BCUT2D eigenvalue weighted by Gasteiger charge is -2.22. The first-order chi connectivity index (χ1) is 10.6. The van der Waals surface area contributed by atoms with Crippen LogP contribution in [0.2, 0.25) is 0 Å². The first-order valence-electron chi connectivity index (χ1n) is 7.74. The van der Waals surface area contributed by atoms with Crippen molar-refractivity contribution in [2.75, 3.05) is 19.8 Å². The molecule has 0 aromatic carbocycles. The molecule has 0 aliphatic heterocycles. The van der Waals surface area contributed by atoms with Crippen LogP contribution in [-0.2, 0) is 4.74 Å². The molecule has 0 radical (unpaired) electrons. The van der Waals surface area contributed by atoms with Crippen molar-refractivity contribution in [3.8, 4) is 11.8 Å². The third kappa shape index (κ3) is 2.25. The van der Waals surface area contributed by atoms with E-state index in [2.05, 4.69) is 18.7 Å². The number of ether oxygens (including phenoxy) is 1. The zero-order chi connectivity index (χ0) is 15.9. The van der Waals surface area contributed by atoms with E-state index in [0.717, 1.165) is 23.1 Å². The maximum Gasteiger partial charge on any atom is 0.198 e. The molecule has 22 heavy (non-hydrogen) atoms. The van der Waals surface area contributed by atoms with Gasteiger partial charge < -0.3 is 20.1 Å². The van der Waals surface area contributed by atoms with E-state index in [1.54, 1.807) is 4.57 Å². The van der Waals surface area contributed by atoms with Crippen LogP contribution in [0.5, 0.6) is 11.8 Å². The molecule has 0 fully saturated rings. The van der Waals surface area contributed by atoms with Crippen LogP contribution >= 0.6 is 0 Å². The van der Waals surface area contributed by atoms with E-state index >= 15 is 0 Å². The standard InChI is InChI=1S/C17H23NO4/c1-10(2)13(5-7-22-8-6-19)18-16(20)14-11-3-4-12(9-11)15(14)17(18)21/h3-4,11-13,19-21H,1,5-9H2,2H3. The van der Waals surface area contributed by atoms with Crippen molar-refractivity contribution in [1.29, 1.82) is 0 Å². The third-order valence-electron chi connectivity index (χ3n) is 4.71. The maximum atomic E-state index is 10.6. The molecule has 3 N–H and O–H groups in total. The SMILES string of the molecule is C=C(C)C(CCOCCO)n1c(O)c2c(c1O)C1C=CC2C1. The van der Waals surface area contributed by atoms with Gasteiger partial charge in [-0.3, -0.25) is 4.57 Å². The molecule has 1 heterocycles. The summed E-state index contributed by atoms with van der Waals surface area (Å²) in [6.45, 7) is 6.58. The van der Waals surface area contributed by atoms with Crippen molar-refractivity contribution in [2.24, 2.45) is 0 Å². The Morgan fingerprint density at radius 3 is 2.36 bits per heavy atom. The molecule has 1 aromatic rings. The molecule has 3 unspecified atom stereocenters. The number of allylic oxidation sites excluding steroid dienone is 3. The summed E-state index contributed by atoms with van der Waals surface area (Å²) in [6.07, 6.45) is 5.75. The van der Waals surface area contributed by atoms with Gasteiger partial charge in [-0.1, -0.05) is 24.3 Å². The van der Waals surface area contributed by atoms with Crippen LogP contribution in [0.3, 0.4) is 0 Å². The number of nitrogens with zero attached hydrogens (tertiary/aromatic N) is 1. The first-order valence-corrected chi connectivity index (χ1v) is 7.74. The molecule has 3 atom stereocenters. The predicted octanol–water partition coefficient (Wildman–Crippen LogP) is 2.56. The number of hydrogen-bond acceptors (Lipinski definition) is 4. The molecule has 5 heteroatoms. The van der Waals surface area contributed by atoms with E-state index in [1.807, 2.05) is 6.92 Å². The van der Waals surface area contributed by atoms with E-state index in [0.29, 0.717) is 13.0 Å². The van der Waals surface area contributed by atoms with Gasteiger partial charge in [0.15, 0.2) is 11.8 Å². The molecule has 2 aliphatic rings. The minimum atomic E-state index is -0.219. The molecule has 2 aliphatic carbocycles. The Bertz CT molecular complexity index is 581. The number of hydrogen-bond donors (Lipinski definition) is 3. The number of aromatic hydroxyl groups is 2. The van der Waals surface area contributed by atoms with Gasteiger partial charge in [0.25, 0.3) is 0 Å². The lowest BCUT2D eigenvalue weighted by Crippen LogP contribution is -2.13. The molecular weight excluding hydrogens is 282 g/mol. The van der Waals surface area contributed by atoms with Gasteiger partial charge in [-0.05, 0) is 19.8 Å². The number of rotatable bonds is 7. The van der Waals surface area contributed by atoms with E-state index in [4.69, 9.17) is 9.84 Å². The van der Waals surface area contributed by atoms with Crippen LogP contribution in [0.1, 0.15) is 48.8 Å². The second-order valence-corrected chi connectivity index (χ2v) is 6.16. The zero-order valence-corrected chi connectivity index (χ0v) is 12.8. The van der Waals surface area contributed by atoms with Gasteiger partial charge >= 0.3 is 0 Å². The van der Waals surface area contributed by atoms with Crippen molar-refractivity contribution in [3.63, 3.8) is 0 Å². The van der Waals surface area contributed by atoms with Gasteiger partial charge in [0, 0.05) is 29.6 Å². The highest BCUT2D eigenvalue weighted by Crippen LogP contribution is 2.57. The molecule has 5 nitrogen and oxygen atoms in total. The lowest BCUT2D eigenvalue weighted by molar-refractivity contribution is 0.0849. The van der Waals surface area contributed by atoms with Crippen molar-refractivity contribution in [3.05, 3.63) is 35.4 Å². The van der Waals surface area contributed by atoms with Crippen LogP contribution in [0.15, 0.2) is 24.3 Å². The van der Waals surface area contributed by atoms with Crippen LogP contribution in [-0.4, -0.2) is 39.7 Å². The van der Waals surface area contributed by atoms with Crippen molar-refractivity contribution >= 4 is 0 Å². The minimum absolute atomic E-state index is 0.0128. The number of aliphatic hydroxyl groups excluding tert-OH is 1. The zero-order valence-electron chi connectivity index (χ0n) is 12.8. The van der Waals surface area contributed by atoms with Crippen LogP contribution in [0.25, 0.3) is 0 Å². The maximum absolute atomic E-state index is 10.6. The van der Waals surface area contributed by atoms with E-state index < -0.39 is 0 Å². The molecule has 3 rings (SSSR count). The second kappa shape index (κ2) is 5.82. The Morgan fingerprint density at radius 1 is 1.27 bits per heavy atom. The molecule has 0 saturated carbocycles. The summed E-state index contributed by atoms with van der Waals surface area (Å²) in [6, 6.07) is -0.219. The van der Waals surface area contributed by atoms with Crippen molar-refractivity contribution in [2.45, 2.75) is 37.6 Å². The van der Waals surface area contributed by atoms with E-state index in [1.165, 1.54) is 0 Å². The van der Waals surface area contributed by atoms with E-state index in [-0.39, 0.29) is 42.9 Å². The van der Waals surface area contributed by atoms with E-state index in [9.17, 15) is 10.2 Å². The summed E-state index contributed by atoms with van der Waals surface area (Å²) in [5.74, 6) is 0.728. The third-order valence-corrected chi connectivity index (χ3v) is 4.71. The summed E-state index contributed by atoms with van der Waals surface area (Å²) in [4.78, 5) is 0. The Labute approximate surface area is 130 Å². The molecule has 2 bridgehead atoms. The minimum Gasteiger partial charge on any atom is -0.494 e. The van der Waals surface area contributed by atoms with Gasteiger partial charge in [0.05, 0.1) is 19.3 Å². The number of aromatic nitrogens is 1. The smallest absolute Gasteiger partial charge is 0.198 e. The fourth-order valence-corrected chi connectivity index (χ4v) is 3.71. The van der Waals surface area contributed by atoms with Gasteiger partial charge in [-0.2, -0.15) is 0 Å². The summed E-state index contributed by atoms with van der Waals surface area (Å²) < 4.78 is 6.90. The number of fused-ring (bicyclic) bond motifs is 5. The summed E-state index contributed by atoms with van der Waals surface area (Å²) in [5, 5.41) is 30.0. The average Bonchev–Trinajstić information content (AvgIpc) is 3.15. The largest absolute Gasteiger partial charge is 0.494 e. The van der Waals surface area contributed by atoms with Crippen LogP contribution < -0.4 is 0 Å². The van der Waals surface area contributed by atoms with Crippen LogP contribution in [0.4, 0.5) is 0 Å². The Hall–Kier alpha value is -1.72. The van der Waals surface area contributed by atoms with Gasteiger partial charge in [0.1, 0.15) is 0 Å². The highest BCUT2D eigenvalue weighted by Gasteiger charge is 2.42. The second-order valence-electron chi connectivity index (χ2n) is 6.16. The molecule has 1 aromatic heterocycles. The summed E-state index contributed by atoms with van der Waals surface area (Å²) in [7, 11) is 0. The Kier molecular flexibility index (Phi) is 4.02. The predicted molar refractivity (Wildman–Crippen MR) is 83.4 cm³/mol. The average molecular weight is 305 g/mol. The Balaban J connectivity index is 1.88. The fraction of sp³-hybridized carbons (Fsp3) is 0.529. The van der Waals surface area contributed by atoms with Crippen LogP contribution in [0, 0.1) is 0 Å². The quantitative estimate of drug-likeness (QED) is 0.534. The first kappa shape index (κ1) is 15.2. The number of aliphatic hydroxyl groups is 1. The molecular formula is C17H23NO4. The normalized spacial score (nSPS) is 23.0. The molecule has 0 saturated heterocycles. The molecule has 0 amide bonds. The molecule has 0 spiro atoms. The summed E-state index contributed by atoms with van der Waals surface area (Å²) in [5.41, 5.74) is 2.59. The monoisotopic (exact) mass is 305 g/mol.